The third-order valence-corrected chi connectivity index (χ3v) is 5.79. The van der Waals surface area contributed by atoms with Gasteiger partial charge in [0.1, 0.15) is 11.5 Å². The second kappa shape index (κ2) is 7.96. The second-order valence-electron chi connectivity index (χ2n) is 8.13. The summed E-state index contributed by atoms with van der Waals surface area (Å²) < 4.78 is 16.8. The Morgan fingerprint density at radius 2 is 1.77 bits per heavy atom. The van der Waals surface area contributed by atoms with Crippen molar-refractivity contribution in [1.82, 2.24) is 14.3 Å². The van der Waals surface area contributed by atoms with Crippen LogP contribution in [0.15, 0.2) is 73.1 Å². The van der Waals surface area contributed by atoms with Crippen molar-refractivity contribution in [1.29, 1.82) is 0 Å². The van der Waals surface area contributed by atoms with E-state index in [1.165, 1.54) is 11.6 Å². The Kier molecular flexibility index (Phi) is 5.00. The van der Waals surface area contributed by atoms with Crippen LogP contribution in [-0.2, 0) is 17.8 Å². The minimum absolute atomic E-state index is 0.311. The molecule has 1 fully saturated rings. The first-order valence-electron chi connectivity index (χ1n) is 10.3. The van der Waals surface area contributed by atoms with Gasteiger partial charge >= 0.3 is 5.97 Å². The molecule has 5 nitrogen and oxygen atoms in total. The van der Waals surface area contributed by atoms with Crippen LogP contribution < -0.4 is 0 Å². The maximum absolute atomic E-state index is 14.8. The summed E-state index contributed by atoms with van der Waals surface area (Å²) in [5, 5.41) is 8.98. The number of carbonyl (C=O) groups is 1. The smallest absolute Gasteiger partial charge is 0.309 e. The van der Waals surface area contributed by atoms with Gasteiger partial charge in [-0.05, 0) is 41.3 Å². The first-order valence-corrected chi connectivity index (χ1v) is 10.3. The summed E-state index contributed by atoms with van der Waals surface area (Å²) in [5.74, 6) is -1.40. The number of imidazole rings is 1. The van der Waals surface area contributed by atoms with E-state index in [2.05, 4.69) is 23.2 Å². The summed E-state index contributed by atoms with van der Waals surface area (Å²) in [7, 11) is 0. The molecule has 156 valence electrons. The van der Waals surface area contributed by atoms with Crippen LogP contribution >= 0.6 is 0 Å². The van der Waals surface area contributed by atoms with Crippen LogP contribution in [0.3, 0.4) is 0 Å². The molecular formula is C25H22FN3O2. The molecule has 1 aliphatic heterocycles. The monoisotopic (exact) mass is 415 g/mol. The zero-order chi connectivity index (χ0) is 21.4. The number of fused-ring (bicyclic) bond motifs is 1. The van der Waals surface area contributed by atoms with Gasteiger partial charge in [0.25, 0.3) is 0 Å². The van der Waals surface area contributed by atoms with E-state index in [0.29, 0.717) is 30.9 Å². The van der Waals surface area contributed by atoms with Gasteiger partial charge in [-0.2, -0.15) is 0 Å². The lowest BCUT2D eigenvalue weighted by Gasteiger charge is -2.36. The standard InChI is InChI=1S/C25H22FN3O2/c26-22-11-19(12-28-14-20(15-28)25(30)31)6-8-21(22)23-16-29-13-18(7-9-24(29)27-23)10-17-4-2-1-3-5-17/h1-9,11,13,16,20H,10,12,14-15H2,(H,30,31). The summed E-state index contributed by atoms with van der Waals surface area (Å²) >= 11 is 0. The number of rotatable bonds is 6. The number of halogens is 1. The van der Waals surface area contributed by atoms with Gasteiger partial charge in [-0.15, -0.1) is 0 Å². The summed E-state index contributed by atoms with van der Waals surface area (Å²) in [5.41, 5.74) is 5.06. The molecule has 31 heavy (non-hydrogen) atoms. The van der Waals surface area contributed by atoms with Crippen LogP contribution in [0.4, 0.5) is 4.39 Å². The Morgan fingerprint density at radius 3 is 2.52 bits per heavy atom. The van der Waals surface area contributed by atoms with E-state index in [-0.39, 0.29) is 11.7 Å². The summed E-state index contributed by atoms with van der Waals surface area (Å²) in [6, 6.07) is 19.4. The molecule has 6 heteroatoms. The van der Waals surface area contributed by atoms with E-state index in [9.17, 15) is 9.18 Å². The van der Waals surface area contributed by atoms with E-state index in [1.807, 2.05) is 52.0 Å². The minimum atomic E-state index is -0.767. The number of carboxylic acids is 1. The molecule has 5 rings (SSSR count). The third kappa shape index (κ3) is 4.07. The summed E-state index contributed by atoms with van der Waals surface area (Å²) in [6.45, 7) is 1.57. The largest absolute Gasteiger partial charge is 0.481 e. The number of carboxylic acid groups (broad SMARTS) is 1. The predicted molar refractivity (Wildman–Crippen MR) is 116 cm³/mol. The average molecular weight is 415 g/mol. The van der Waals surface area contributed by atoms with E-state index in [1.54, 1.807) is 6.07 Å². The zero-order valence-electron chi connectivity index (χ0n) is 16.9. The van der Waals surface area contributed by atoms with Crippen molar-refractivity contribution in [2.45, 2.75) is 13.0 Å². The molecule has 1 N–H and O–H groups in total. The minimum Gasteiger partial charge on any atom is -0.481 e. The van der Waals surface area contributed by atoms with Crippen LogP contribution in [-0.4, -0.2) is 38.4 Å². The fourth-order valence-electron chi connectivity index (χ4n) is 4.08. The van der Waals surface area contributed by atoms with Crippen LogP contribution in [0.2, 0.25) is 0 Å². The van der Waals surface area contributed by atoms with Crippen LogP contribution in [0.25, 0.3) is 16.9 Å². The zero-order valence-corrected chi connectivity index (χ0v) is 16.9. The molecule has 1 saturated heterocycles. The maximum atomic E-state index is 14.8. The van der Waals surface area contributed by atoms with Crippen molar-refractivity contribution in [2.24, 2.45) is 5.92 Å². The van der Waals surface area contributed by atoms with Crippen LogP contribution in [0, 0.1) is 11.7 Å². The maximum Gasteiger partial charge on any atom is 0.309 e. The first-order chi connectivity index (χ1) is 15.0. The second-order valence-corrected chi connectivity index (χ2v) is 8.13. The molecular weight excluding hydrogens is 393 g/mol. The van der Waals surface area contributed by atoms with Gasteiger partial charge in [-0.3, -0.25) is 9.69 Å². The van der Waals surface area contributed by atoms with Gasteiger partial charge in [-0.25, -0.2) is 9.37 Å². The van der Waals surface area contributed by atoms with Gasteiger partial charge in [0.05, 0.1) is 11.6 Å². The number of benzene rings is 2. The lowest BCUT2D eigenvalue weighted by Crippen LogP contribution is -2.49. The molecule has 0 aliphatic carbocycles. The normalized spacial score (nSPS) is 14.6. The molecule has 2 aromatic heterocycles. The Bertz CT molecular complexity index is 1250. The topological polar surface area (TPSA) is 57.8 Å². The molecule has 0 unspecified atom stereocenters. The molecule has 0 radical (unpaired) electrons. The molecule has 2 aromatic carbocycles. The number of hydrogen-bond donors (Lipinski definition) is 1. The van der Waals surface area contributed by atoms with E-state index < -0.39 is 5.97 Å². The highest BCUT2D eigenvalue weighted by Gasteiger charge is 2.32. The SMILES string of the molecule is O=C(O)C1CN(Cc2ccc(-c3cn4cc(Cc5ccccc5)ccc4n3)c(F)c2)C1. The van der Waals surface area contributed by atoms with Crippen molar-refractivity contribution >= 4 is 11.6 Å². The number of hydrogen-bond acceptors (Lipinski definition) is 3. The lowest BCUT2D eigenvalue weighted by atomic mass is 9.99. The van der Waals surface area contributed by atoms with Gasteiger partial charge < -0.3 is 9.51 Å². The van der Waals surface area contributed by atoms with Gasteiger partial charge in [0.2, 0.25) is 0 Å². The molecule has 0 atom stereocenters. The average Bonchev–Trinajstić information content (AvgIpc) is 3.14. The van der Waals surface area contributed by atoms with Crippen molar-refractivity contribution < 1.29 is 14.3 Å². The quantitative estimate of drug-likeness (QED) is 0.512. The molecule has 0 bridgehead atoms. The van der Waals surface area contributed by atoms with Crippen molar-refractivity contribution in [3.05, 3.63) is 95.6 Å². The van der Waals surface area contributed by atoms with Crippen molar-refractivity contribution in [3.8, 4) is 11.3 Å². The summed E-state index contributed by atoms with van der Waals surface area (Å²) in [6.07, 6.45) is 4.72. The Labute approximate surface area is 179 Å². The number of aromatic nitrogens is 2. The fourth-order valence-corrected chi connectivity index (χ4v) is 4.08. The third-order valence-electron chi connectivity index (χ3n) is 5.79. The molecule has 0 amide bonds. The van der Waals surface area contributed by atoms with Gasteiger partial charge in [-0.1, -0.05) is 42.5 Å². The molecule has 4 aromatic rings. The van der Waals surface area contributed by atoms with Crippen LogP contribution in [0.5, 0.6) is 0 Å². The Balaban J connectivity index is 1.33. The fraction of sp³-hybridized carbons (Fsp3) is 0.200. The number of aliphatic carboxylic acids is 1. The van der Waals surface area contributed by atoms with Crippen molar-refractivity contribution in [2.75, 3.05) is 13.1 Å². The van der Waals surface area contributed by atoms with E-state index >= 15 is 0 Å². The molecule has 0 saturated carbocycles. The molecule has 0 spiro atoms. The molecule has 3 heterocycles. The van der Waals surface area contributed by atoms with Gasteiger partial charge in [0, 0.05) is 37.6 Å². The highest BCUT2D eigenvalue weighted by Crippen LogP contribution is 2.26. The van der Waals surface area contributed by atoms with Crippen molar-refractivity contribution in [3.63, 3.8) is 0 Å². The van der Waals surface area contributed by atoms with E-state index in [4.69, 9.17) is 5.11 Å². The Morgan fingerprint density at radius 1 is 1.00 bits per heavy atom. The Hall–Kier alpha value is -3.51. The number of likely N-dealkylation sites (tertiary alicyclic amines) is 1. The van der Waals surface area contributed by atoms with E-state index in [0.717, 1.165) is 23.2 Å². The van der Waals surface area contributed by atoms with Gasteiger partial charge in [0.15, 0.2) is 0 Å². The highest BCUT2D eigenvalue weighted by molar-refractivity contribution is 5.71. The highest BCUT2D eigenvalue weighted by atomic mass is 19.1. The lowest BCUT2D eigenvalue weighted by molar-refractivity contribution is -0.147. The first kappa shape index (κ1) is 19.5. The molecule has 1 aliphatic rings. The number of pyridine rings is 1. The number of nitrogens with zero attached hydrogens (tertiary/aromatic N) is 3. The summed E-state index contributed by atoms with van der Waals surface area (Å²) in [4.78, 5) is 17.5. The predicted octanol–water partition coefficient (Wildman–Crippen LogP) is 4.25. The van der Waals surface area contributed by atoms with Crippen LogP contribution in [0.1, 0.15) is 16.7 Å².